The monoisotopic (exact) mass is 541 g/mol. The molecule has 1 N–H and O–H groups in total. The second kappa shape index (κ2) is 14.6. The van der Waals surface area contributed by atoms with Crippen molar-refractivity contribution in [3.63, 3.8) is 0 Å². The number of rotatable bonds is 7. The fourth-order valence-electron chi connectivity index (χ4n) is 4.16. The van der Waals surface area contributed by atoms with Crippen molar-refractivity contribution < 1.29 is 22.8 Å². The van der Waals surface area contributed by atoms with Crippen molar-refractivity contribution >= 4 is 17.5 Å². The molecule has 2 aromatic rings. The topological polar surface area (TPSA) is 59.2 Å². The zero-order valence-corrected chi connectivity index (χ0v) is 24.6. The molecule has 1 heterocycles. The lowest BCUT2D eigenvalue weighted by Gasteiger charge is -2.40. The summed E-state index contributed by atoms with van der Waals surface area (Å²) in [7, 11) is 5.13. The van der Waals surface area contributed by atoms with Crippen molar-refractivity contribution in [2.24, 2.45) is 5.92 Å². The summed E-state index contributed by atoms with van der Waals surface area (Å²) in [5, 5.41) is 0.136. The Labute approximate surface area is 225 Å². The van der Waals surface area contributed by atoms with Gasteiger partial charge in [-0.25, -0.2) is 9.18 Å². The third-order valence-corrected chi connectivity index (χ3v) is 7.33. The molecule has 37 heavy (non-hydrogen) atoms. The van der Waals surface area contributed by atoms with Crippen LogP contribution in [-0.2, 0) is 0 Å². The van der Waals surface area contributed by atoms with E-state index in [1.165, 1.54) is 19.2 Å². The van der Waals surface area contributed by atoms with Gasteiger partial charge in [0.25, 0.3) is 0 Å². The molecule has 1 aromatic carbocycles. The van der Waals surface area contributed by atoms with Gasteiger partial charge in [-0.1, -0.05) is 58.7 Å². The Balaban J connectivity index is 0.000000475. The van der Waals surface area contributed by atoms with Crippen LogP contribution in [0.25, 0.3) is 0 Å². The second-order valence-electron chi connectivity index (χ2n) is 10.2. The molecule has 1 aliphatic rings. The van der Waals surface area contributed by atoms with E-state index in [2.05, 4.69) is 30.5 Å². The molecule has 1 aliphatic carbocycles. The highest BCUT2D eigenvalue weighted by Gasteiger charge is 2.43. The first-order valence-electron chi connectivity index (χ1n) is 13.1. The van der Waals surface area contributed by atoms with E-state index in [1.54, 1.807) is 6.92 Å². The summed E-state index contributed by atoms with van der Waals surface area (Å²) >= 11 is 6.21. The minimum absolute atomic E-state index is 0.0694. The summed E-state index contributed by atoms with van der Waals surface area (Å²) in [6.07, 6.45) is 5.22. The minimum atomic E-state index is -0.940. The number of aromatic amines is 1. The number of ether oxygens (including phenoxy) is 1. The van der Waals surface area contributed by atoms with Gasteiger partial charge < -0.3 is 9.72 Å². The molecular formula is C29H44ClF2N2O3+. The number of methoxy groups -OCH3 is 1. The summed E-state index contributed by atoms with van der Waals surface area (Å²) < 4.78 is 29.6. The van der Waals surface area contributed by atoms with E-state index in [1.807, 2.05) is 27.9 Å². The number of aromatic nitrogens is 1. The van der Waals surface area contributed by atoms with E-state index in [0.29, 0.717) is 17.7 Å². The van der Waals surface area contributed by atoms with Gasteiger partial charge in [0, 0.05) is 24.2 Å². The van der Waals surface area contributed by atoms with Crippen LogP contribution in [0.15, 0.2) is 23.0 Å². The maximum atomic E-state index is 13.3. The summed E-state index contributed by atoms with van der Waals surface area (Å²) in [5.74, 6) is -1.31. The predicted molar refractivity (Wildman–Crippen MR) is 148 cm³/mol. The summed E-state index contributed by atoms with van der Waals surface area (Å²) in [4.78, 5) is 29.5. The third kappa shape index (κ3) is 8.11. The molecule has 0 spiro atoms. The number of hydrogen-bond acceptors (Lipinski definition) is 3. The van der Waals surface area contributed by atoms with E-state index in [-0.39, 0.29) is 38.1 Å². The highest BCUT2D eigenvalue weighted by atomic mass is 35.5. The van der Waals surface area contributed by atoms with Gasteiger partial charge in [0.1, 0.15) is 10.6 Å². The first-order valence-corrected chi connectivity index (χ1v) is 13.5. The molecule has 1 atom stereocenters. The highest BCUT2D eigenvalue weighted by molar-refractivity contribution is 6.31. The second-order valence-corrected chi connectivity index (χ2v) is 10.6. The van der Waals surface area contributed by atoms with Crippen LogP contribution >= 0.6 is 11.6 Å². The van der Waals surface area contributed by atoms with Gasteiger partial charge in [-0.05, 0) is 43.7 Å². The van der Waals surface area contributed by atoms with Gasteiger partial charge in [0.05, 0.1) is 27.2 Å². The van der Waals surface area contributed by atoms with E-state index >= 15 is 0 Å². The fourth-order valence-corrected chi connectivity index (χ4v) is 4.30. The lowest BCUT2D eigenvalue weighted by atomic mass is 9.88. The average molecular weight is 542 g/mol. The van der Waals surface area contributed by atoms with E-state index in [0.717, 1.165) is 43.9 Å². The summed E-state index contributed by atoms with van der Waals surface area (Å²) in [6.45, 7) is 12.3. The Kier molecular flexibility index (Phi) is 13.0. The van der Waals surface area contributed by atoms with Crippen LogP contribution in [0.1, 0.15) is 94.4 Å². The molecular weight excluding hydrogens is 498 g/mol. The number of carbonyl (C=O) groups is 1. The number of quaternary nitrogens is 1. The quantitative estimate of drug-likeness (QED) is 0.366. The molecule has 0 aliphatic heterocycles. The number of halogens is 3. The molecule has 1 amide bonds. The van der Waals surface area contributed by atoms with Gasteiger partial charge in [-0.2, -0.15) is 4.39 Å². The normalized spacial score (nSPS) is 14.1. The van der Waals surface area contributed by atoms with Crippen LogP contribution in [0.4, 0.5) is 8.78 Å². The Morgan fingerprint density at radius 3 is 2.22 bits per heavy atom. The molecule has 3 rings (SSSR count). The van der Waals surface area contributed by atoms with Crippen molar-refractivity contribution in [2.45, 2.75) is 85.6 Å². The molecule has 1 unspecified atom stereocenters. The summed E-state index contributed by atoms with van der Waals surface area (Å²) in [6, 6.07) is 4.08. The van der Waals surface area contributed by atoms with Crippen LogP contribution in [0, 0.1) is 24.5 Å². The van der Waals surface area contributed by atoms with E-state index in [4.69, 9.17) is 11.6 Å². The third-order valence-electron chi connectivity index (χ3n) is 6.88. The first kappa shape index (κ1) is 32.8. The average Bonchev–Trinajstić information content (AvgIpc) is 2.82. The number of benzene rings is 1. The molecule has 208 valence electrons. The molecule has 0 saturated heterocycles. The molecule has 0 bridgehead atoms. The zero-order valence-electron chi connectivity index (χ0n) is 23.8. The first-order chi connectivity index (χ1) is 17.3. The van der Waals surface area contributed by atoms with Gasteiger partial charge in [0.15, 0.2) is 11.6 Å². The number of nitrogens with zero attached hydrogens (tertiary/aromatic N) is 1. The molecule has 1 fully saturated rings. The zero-order chi connectivity index (χ0) is 28.5. The van der Waals surface area contributed by atoms with Gasteiger partial charge in [-0.15, -0.1) is 0 Å². The smallest absolute Gasteiger partial charge is 0.351 e. The number of hydrogen-bond donors (Lipinski definition) is 1. The standard InChI is InChI=1S/C20H31ClN2O2.C7H6F2O.C2H6/c1-12(2)10-11-13(3)18-16(19(24)17(21)14(4)22-18)20(25)23(5,6)15-8-7-9-15;1-10-6-4-2-3-5(8)7(6)9;1-2/h12-13,15H,7-11H2,1-6H3;2-4H,1H3;1-2H3/p+1. The predicted octanol–water partition coefficient (Wildman–Crippen LogP) is 7.65. The Bertz CT molecular complexity index is 1100. The number of H-pyrrole nitrogens is 1. The van der Waals surface area contributed by atoms with Crippen molar-refractivity contribution in [1.82, 2.24) is 4.98 Å². The Morgan fingerprint density at radius 1 is 1.16 bits per heavy atom. The fraction of sp³-hybridized carbons (Fsp3) is 0.586. The Morgan fingerprint density at radius 2 is 1.76 bits per heavy atom. The highest BCUT2D eigenvalue weighted by Crippen LogP contribution is 2.32. The molecule has 1 aromatic heterocycles. The van der Waals surface area contributed by atoms with E-state index < -0.39 is 11.6 Å². The lowest BCUT2D eigenvalue weighted by molar-refractivity contribution is -0.841. The van der Waals surface area contributed by atoms with Crippen LogP contribution in [-0.4, -0.2) is 42.6 Å². The number of aryl methyl sites for hydroxylation is 1. The van der Waals surface area contributed by atoms with Crippen molar-refractivity contribution in [3.8, 4) is 5.75 Å². The van der Waals surface area contributed by atoms with Gasteiger partial charge in [-0.3, -0.25) is 9.28 Å². The van der Waals surface area contributed by atoms with Crippen LogP contribution in [0.2, 0.25) is 5.02 Å². The van der Waals surface area contributed by atoms with Gasteiger partial charge >= 0.3 is 5.91 Å². The SMILES string of the molecule is CC.COc1cccc(F)c1F.Cc1[nH]c(C(C)CCC(C)C)c(C(=O)[N+](C)(C)C2CCC2)c(=O)c1Cl. The molecule has 1 saturated carbocycles. The maximum Gasteiger partial charge on any atom is 0.351 e. The van der Waals surface area contributed by atoms with Crippen LogP contribution in [0.5, 0.6) is 5.75 Å². The molecule has 0 radical (unpaired) electrons. The van der Waals surface area contributed by atoms with Gasteiger partial charge in [0.2, 0.25) is 11.2 Å². The largest absolute Gasteiger partial charge is 0.494 e. The van der Waals surface area contributed by atoms with Crippen molar-refractivity contribution in [2.75, 3.05) is 21.2 Å². The maximum absolute atomic E-state index is 13.3. The number of nitrogens with one attached hydrogen (secondary N) is 1. The summed E-state index contributed by atoms with van der Waals surface area (Å²) in [5.41, 5.74) is 1.34. The van der Waals surface area contributed by atoms with Crippen LogP contribution in [0.3, 0.4) is 0 Å². The lowest BCUT2D eigenvalue weighted by Crippen LogP contribution is -2.57. The Hall–Kier alpha value is -2.25. The van der Waals surface area contributed by atoms with Crippen molar-refractivity contribution in [1.29, 1.82) is 0 Å². The minimum Gasteiger partial charge on any atom is -0.494 e. The van der Waals surface area contributed by atoms with Crippen molar-refractivity contribution in [3.05, 3.63) is 62.0 Å². The number of pyridine rings is 1. The number of amides is 1. The van der Waals surface area contributed by atoms with Crippen LogP contribution < -0.4 is 10.2 Å². The number of carbonyl (C=O) groups excluding carboxylic acids is 1. The molecule has 5 nitrogen and oxygen atoms in total. The molecule has 8 heteroatoms. The van der Waals surface area contributed by atoms with E-state index in [9.17, 15) is 18.4 Å².